The Hall–Kier alpha value is -0.450. The molecule has 0 amide bonds. The van der Waals surface area contributed by atoms with E-state index in [0.29, 0.717) is 6.61 Å². The van der Waals surface area contributed by atoms with Gasteiger partial charge in [0.05, 0.1) is 12.3 Å². The molecule has 0 aromatic carbocycles. The molecule has 1 aromatic rings. The quantitative estimate of drug-likeness (QED) is 0.712. The van der Waals surface area contributed by atoms with Crippen LogP contribution in [0.5, 0.6) is 0 Å². The van der Waals surface area contributed by atoms with Crippen molar-refractivity contribution in [2.24, 2.45) is 5.92 Å². The molecule has 0 aliphatic heterocycles. The number of aromatic nitrogens is 1. The molecule has 0 aliphatic rings. The summed E-state index contributed by atoms with van der Waals surface area (Å²) in [5.74, 6) is 0.769. The highest BCUT2D eigenvalue weighted by Gasteiger charge is 2.01. The zero-order valence-electron chi connectivity index (χ0n) is 10.5. The zero-order chi connectivity index (χ0) is 11.8. The molecule has 0 fully saturated rings. The summed E-state index contributed by atoms with van der Waals surface area (Å²) in [7, 11) is 1.93. The van der Waals surface area contributed by atoms with E-state index in [2.05, 4.69) is 29.5 Å². The lowest BCUT2D eigenvalue weighted by Crippen LogP contribution is -2.04. The van der Waals surface area contributed by atoms with E-state index < -0.39 is 0 Å². The lowest BCUT2D eigenvalue weighted by molar-refractivity contribution is 0.112. The minimum absolute atomic E-state index is 0.651. The standard InChI is InChI=1S/C12H22N2OS/c1-10(2)5-4-6-15-8-11-9-16-12(14-11)7-13-3/h9-10,13H,4-8H2,1-3H3. The van der Waals surface area contributed by atoms with E-state index in [4.69, 9.17) is 4.74 Å². The minimum atomic E-state index is 0.651. The number of hydrogen-bond acceptors (Lipinski definition) is 4. The average molecular weight is 242 g/mol. The van der Waals surface area contributed by atoms with E-state index in [1.165, 1.54) is 6.42 Å². The fourth-order valence-electron chi connectivity index (χ4n) is 1.42. The minimum Gasteiger partial charge on any atom is -0.375 e. The summed E-state index contributed by atoms with van der Waals surface area (Å²) in [6, 6.07) is 0. The molecule has 16 heavy (non-hydrogen) atoms. The number of hydrogen-bond donors (Lipinski definition) is 1. The number of nitrogens with one attached hydrogen (secondary N) is 1. The van der Waals surface area contributed by atoms with Crippen LogP contribution in [0.1, 0.15) is 37.4 Å². The number of thiazole rings is 1. The van der Waals surface area contributed by atoms with Gasteiger partial charge in [-0.1, -0.05) is 13.8 Å². The molecule has 1 N–H and O–H groups in total. The Kier molecular flexibility index (Phi) is 6.61. The van der Waals surface area contributed by atoms with Crippen LogP contribution in [-0.2, 0) is 17.9 Å². The molecule has 0 unspecified atom stereocenters. The monoisotopic (exact) mass is 242 g/mol. The van der Waals surface area contributed by atoms with Gasteiger partial charge in [0.15, 0.2) is 0 Å². The zero-order valence-corrected chi connectivity index (χ0v) is 11.3. The highest BCUT2D eigenvalue weighted by Crippen LogP contribution is 2.11. The Bertz CT molecular complexity index is 286. The number of rotatable bonds is 8. The SMILES string of the molecule is CNCc1nc(COCCCC(C)C)cs1. The molecule has 4 heteroatoms. The molecule has 0 bridgehead atoms. The largest absolute Gasteiger partial charge is 0.375 e. The normalized spacial score (nSPS) is 11.2. The van der Waals surface area contributed by atoms with E-state index in [1.54, 1.807) is 11.3 Å². The first-order valence-corrected chi connectivity index (χ1v) is 6.76. The molecule has 0 saturated carbocycles. The van der Waals surface area contributed by atoms with Gasteiger partial charge in [0.25, 0.3) is 0 Å². The van der Waals surface area contributed by atoms with Crippen LogP contribution >= 0.6 is 11.3 Å². The van der Waals surface area contributed by atoms with Crippen molar-refractivity contribution in [3.05, 3.63) is 16.1 Å². The van der Waals surface area contributed by atoms with Crippen LogP contribution in [0.15, 0.2) is 5.38 Å². The molecule has 92 valence electrons. The van der Waals surface area contributed by atoms with Crippen LogP contribution in [0, 0.1) is 5.92 Å². The highest BCUT2D eigenvalue weighted by atomic mass is 32.1. The van der Waals surface area contributed by atoms with Gasteiger partial charge in [0, 0.05) is 18.5 Å². The van der Waals surface area contributed by atoms with Crippen LogP contribution < -0.4 is 5.32 Å². The molecule has 0 atom stereocenters. The predicted molar refractivity (Wildman–Crippen MR) is 68.6 cm³/mol. The number of nitrogens with zero attached hydrogens (tertiary/aromatic N) is 1. The lowest BCUT2D eigenvalue weighted by atomic mass is 10.1. The summed E-state index contributed by atoms with van der Waals surface area (Å²) < 4.78 is 5.59. The van der Waals surface area contributed by atoms with Crippen LogP contribution in [-0.4, -0.2) is 18.6 Å². The smallest absolute Gasteiger partial charge is 0.107 e. The Morgan fingerprint density at radius 3 is 3.00 bits per heavy atom. The molecular weight excluding hydrogens is 220 g/mol. The maximum Gasteiger partial charge on any atom is 0.107 e. The van der Waals surface area contributed by atoms with Crippen molar-refractivity contribution in [3.63, 3.8) is 0 Å². The Morgan fingerprint density at radius 2 is 2.31 bits per heavy atom. The van der Waals surface area contributed by atoms with Gasteiger partial charge in [0.1, 0.15) is 5.01 Å². The lowest BCUT2D eigenvalue weighted by Gasteiger charge is -2.04. The average Bonchev–Trinajstić information content (AvgIpc) is 2.65. The third kappa shape index (κ3) is 5.58. The summed E-state index contributed by atoms with van der Waals surface area (Å²) in [5.41, 5.74) is 1.06. The van der Waals surface area contributed by atoms with Gasteiger partial charge in [-0.15, -0.1) is 11.3 Å². The molecule has 1 heterocycles. The Balaban J connectivity index is 2.12. The van der Waals surface area contributed by atoms with Crippen molar-refractivity contribution in [2.75, 3.05) is 13.7 Å². The van der Waals surface area contributed by atoms with Gasteiger partial charge in [0.2, 0.25) is 0 Å². The topological polar surface area (TPSA) is 34.2 Å². The first-order valence-electron chi connectivity index (χ1n) is 5.88. The highest BCUT2D eigenvalue weighted by molar-refractivity contribution is 7.09. The maximum absolute atomic E-state index is 5.59. The maximum atomic E-state index is 5.59. The third-order valence-electron chi connectivity index (χ3n) is 2.25. The molecule has 3 nitrogen and oxygen atoms in total. The van der Waals surface area contributed by atoms with E-state index in [0.717, 1.165) is 36.2 Å². The second-order valence-corrected chi connectivity index (χ2v) is 5.29. The van der Waals surface area contributed by atoms with Gasteiger partial charge < -0.3 is 10.1 Å². The fourth-order valence-corrected chi connectivity index (χ4v) is 2.21. The van der Waals surface area contributed by atoms with Gasteiger partial charge in [-0.05, 0) is 25.8 Å². The van der Waals surface area contributed by atoms with Crippen molar-refractivity contribution in [2.45, 2.75) is 39.8 Å². The van der Waals surface area contributed by atoms with Crippen molar-refractivity contribution < 1.29 is 4.74 Å². The van der Waals surface area contributed by atoms with Crippen LogP contribution in [0.4, 0.5) is 0 Å². The summed E-state index contributed by atoms with van der Waals surface area (Å²) >= 11 is 1.69. The molecule has 0 spiro atoms. The summed E-state index contributed by atoms with van der Waals surface area (Å²) in [6.07, 6.45) is 2.38. The molecular formula is C12H22N2OS. The van der Waals surface area contributed by atoms with Crippen LogP contribution in [0.2, 0.25) is 0 Å². The van der Waals surface area contributed by atoms with Crippen LogP contribution in [0.25, 0.3) is 0 Å². The van der Waals surface area contributed by atoms with E-state index >= 15 is 0 Å². The van der Waals surface area contributed by atoms with Gasteiger partial charge in [-0.25, -0.2) is 4.98 Å². The summed E-state index contributed by atoms with van der Waals surface area (Å²) in [4.78, 5) is 4.46. The summed E-state index contributed by atoms with van der Waals surface area (Å²) in [5, 5.41) is 6.30. The third-order valence-corrected chi connectivity index (χ3v) is 3.15. The predicted octanol–water partition coefficient (Wildman–Crippen LogP) is 2.82. The number of ether oxygens (including phenoxy) is 1. The second kappa shape index (κ2) is 7.76. The van der Waals surface area contributed by atoms with Gasteiger partial charge in [-0.3, -0.25) is 0 Å². The molecule has 1 aromatic heterocycles. The molecule has 1 rings (SSSR count). The van der Waals surface area contributed by atoms with Crippen molar-refractivity contribution >= 4 is 11.3 Å². The van der Waals surface area contributed by atoms with E-state index in [9.17, 15) is 0 Å². The first-order chi connectivity index (χ1) is 7.72. The fraction of sp³-hybridized carbons (Fsp3) is 0.750. The first kappa shape index (κ1) is 13.6. The second-order valence-electron chi connectivity index (χ2n) is 4.35. The van der Waals surface area contributed by atoms with E-state index in [-0.39, 0.29) is 0 Å². The molecule has 0 saturated heterocycles. The Labute approximate surface area is 102 Å². The van der Waals surface area contributed by atoms with Crippen molar-refractivity contribution in [1.29, 1.82) is 0 Å². The van der Waals surface area contributed by atoms with Crippen molar-refractivity contribution in [1.82, 2.24) is 10.3 Å². The Morgan fingerprint density at radius 1 is 1.50 bits per heavy atom. The van der Waals surface area contributed by atoms with Gasteiger partial charge in [-0.2, -0.15) is 0 Å². The van der Waals surface area contributed by atoms with Gasteiger partial charge >= 0.3 is 0 Å². The summed E-state index contributed by atoms with van der Waals surface area (Å²) in [6.45, 7) is 6.82. The molecule has 0 aliphatic carbocycles. The van der Waals surface area contributed by atoms with E-state index in [1.807, 2.05) is 7.05 Å². The van der Waals surface area contributed by atoms with Crippen LogP contribution in [0.3, 0.4) is 0 Å². The molecule has 0 radical (unpaired) electrons. The van der Waals surface area contributed by atoms with Crippen molar-refractivity contribution in [3.8, 4) is 0 Å².